The third-order valence-corrected chi connectivity index (χ3v) is 0. The molecule has 3 radical (unpaired) electrons. The predicted octanol–water partition coefficient (Wildman–Crippen LogP) is 2.65. The first-order valence-corrected chi connectivity index (χ1v) is 0. The van der Waals surface area contributed by atoms with Crippen LogP contribution < -0.4 is 0 Å². The van der Waals surface area contributed by atoms with Crippen LogP contribution in [0.4, 0.5) is 0 Å². The maximum atomic E-state index is 0. The van der Waals surface area contributed by atoms with Crippen molar-refractivity contribution >= 4 is 71.9 Å². The van der Waals surface area contributed by atoms with Crippen molar-refractivity contribution in [2.75, 3.05) is 0 Å². The van der Waals surface area contributed by atoms with Gasteiger partial charge in [0.25, 0.3) is 0 Å². The third-order valence-electron chi connectivity index (χ3n) is 0. The van der Waals surface area contributed by atoms with E-state index >= 15 is 0 Å². The number of hydrogen-bond donors (Lipinski definition) is 0. The molecule has 4 heavy (non-hydrogen) atoms. The molecule has 0 spiro atoms. The molecule has 0 aromatic heterocycles. The molecule has 0 bridgehead atoms. The van der Waals surface area contributed by atoms with Crippen LogP contribution in [0.5, 0.6) is 0 Å². The van der Waals surface area contributed by atoms with Gasteiger partial charge < -0.3 is 0 Å². The first-order valence-electron chi connectivity index (χ1n) is 0. The van der Waals surface area contributed by atoms with Gasteiger partial charge >= 0.3 is 0 Å². The Morgan fingerprint density at radius 2 is 0.500 bits per heavy atom. The summed E-state index contributed by atoms with van der Waals surface area (Å²) in [6.07, 6.45) is 0. The molecule has 0 aliphatic carbocycles. The van der Waals surface area contributed by atoms with Crippen LogP contribution in [0.15, 0.2) is 0 Å². The summed E-state index contributed by atoms with van der Waals surface area (Å²) >= 11 is 0. The number of rotatable bonds is 0. The topological polar surface area (TPSA) is 0 Å². The Morgan fingerprint density at radius 3 is 0.500 bits per heavy atom. The summed E-state index contributed by atoms with van der Waals surface area (Å²) in [5.41, 5.74) is 0. The molecule has 4 heteroatoms. The molecule has 0 aromatic rings. The maximum absolute atomic E-state index is 0. The molecule has 0 fully saturated rings. The van der Waals surface area contributed by atoms with Crippen LogP contribution in [0.1, 0.15) is 0 Å². The summed E-state index contributed by atoms with van der Waals surface area (Å²) in [6.45, 7) is 0. The van der Waals surface area contributed by atoms with Crippen LogP contribution in [0.2, 0.25) is 0 Å². The van der Waals surface area contributed by atoms with Crippen molar-refractivity contribution < 1.29 is 27.7 Å². The number of halogens is 3. The van der Waals surface area contributed by atoms with Gasteiger partial charge in [-0.25, -0.2) is 0 Å². The van der Waals surface area contributed by atoms with Gasteiger partial charge in [0.05, 0.1) is 0 Å². The Morgan fingerprint density at radius 1 is 0.500 bits per heavy atom. The van der Waals surface area contributed by atoms with E-state index in [-0.39, 0.29) is 99.6 Å². The Balaban J connectivity index is 0. The van der Waals surface area contributed by atoms with E-state index < -0.39 is 0 Å². The van der Waals surface area contributed by atoms with Crippen molar-refractivity contribution in [3.05, 3.63) is 0 Å². The van der Waals surface area contributed by atoms with Crippen LogP contribution in [0, 0.1) is 0 Å². The van der Waals surface area contributed by atoms with Crippen molar-refractivity contribution in [1.29, 1.82) is 0 Å². The minimum absolute atomic E-state index is 0. The smallest absolute Gasteiger partial charge is 0 e. The number of hydrogen-bond acceptors (Lipinski definition) is 0. The standard InChI is InChI=1S/Hg.3I. The van der Waals surface area contributed by atoms with Gasteiger partial charge in [-0.3, -0.25) is 0 Å². The predicted molar refractivity (Wildman–Crippen MR) is 42.1 cm³/mol. The minimum Gasteiger partial charge on any atom is 0 e. The van der Waals surface area contributed by atoms with Crippen LogP contribution in [-0.2, 0) is 27.7 Å². The normalized spacial score (nSPS) is 0. The van der Waals surface area contributed by atoms with Crippen molar-refractivity contribution in [3.8, 4) is 0 Å². The molecule has 0 saturated heterocycles. The molecule has 0 heterocycles. The van der Waals surface area contributed by atoms with Crippen molar-refractivity contribution in [3.63, 3.8) is 0 Å². The maximum Gasteiger partial charge on any atom is 0 e. The average molecular weight is 581 g/mol. The van der Waals surface area contributed by atoms with Gasteiger partial charge in [-0.2, -0.15) is 0 Å². The third kappa shape index (κ3) is 8.93. The van der Waals surface area contributed by atoms with Crippen molar-refractivity contribution in [2.24, 2.45) is 0 Å². The van der Waals surface area contributed by atoms with Crippen molar-refractivity contribution in [2.45, 2.75) is 0 Å². The second-order valence-corrected chi connectivity index (χ2v) is 0. The zero-order valence-corrected chi connectivity index (χ0v) is 13.8. The average Bonchev–Trinajstić information content (AvgIpc) is 0. The summed E-state index contributed by atoms with van der Waals surface area (Å²) in [5.74, 6) is 0. The van der Waals surface area contributed by atoms with Crippen molar-refractivity contribution in [1.82, 2.24) is 0 Å². The zero-order chi connectivity index (χ0) is 0. The molecule has 0 amide bonds. The second kappa shape index (κ2) is 16.5. The zero-order valence-electron chi connectivity index (χ0n) is 1.84. The van der Waals surface area contributed by atoms with Gasteiger partial charge in [-0.15, -0.1) is 0 Å². The van der Waals surface area contributed by atoms with Gasteiger partial charge in [0.15, 0.2) is 0 Å². The van der Waals surface area contributed by atoms with E-state index in [2.05, 4.69) is 0 Å². The summed E-state index contributed by atoms with van der Waals surface area (Å²) in [4.78, 5) is 0. The first-order chi connectivity index (χ1) is 0. The molecule has 0 N–H and O–H groups in total. The van der Waals surface area contributed by atoms with Crippen LogP contribution in [0.3, 0.4) is 0 Å². The monoisotopic (exact) mass is 583 g/mol. The van der Waals surface area contributed by atoms with Crippen LogP contribution in [0.25, 0.3) is 0 Å². The van der Waals surface area contributed by atoms with Gasteiger partial charge in [-0.1, -0.05) is 0 Å². The van der Waals surface area contributed by atoms with E-state index in [4.69, 9.17) is 0 Å². The summed E-state index contributed by atoms with van der Waals surface area (Å²) in [5, 5.41) is 0. The fraction of sp³-hybridized carbons (Fsp3) is 0. The molecular weight excluding hydrogens is 581 g/mol. The Bertz CT molecular complexity index is 3.25. The Kier molecular flexibility index (Phi) is 113. The van der Waals surface area contributed by atoms with E-state index in [1.165, 1.54) is 0 Å². The summed E-state index contributed by atoms with van der Waals surface area (Å²) in [6, 6.07) is 0. The summed E-state index contributed by atoms with van der Waals surface area (Å²) in [7, 11) is 0. The molecule has 0 unspecified atom stereocenters. The van der Waals surface area contributed by atoms with Gasteiger partial charge in [0.2, 0.25) is 0 Å². The van der Waals surface area contributed by atoms with Gasteiger partial charge in [0.1, 0.15) is 0 Å². The molecule has 0 nitrogen and oxygen atoms in total. The van der Waals surface area contributed by atoms with E-state index in [0.717, 1.165) is 0 Å². The first kappa shape index (κ1) is 27.4. The largest absolute Gasteiger partial charge is 0 e. The van der Waals surface area contributed by atoms with E-state index in [1.807, 2.05) is 0 Å². The second-order valence-electron chi connectivity index (χ2n) is 0. The fourth-order valence-corrected chi connectivity index (χ4v) is 0. The minimum atomic E-state index is 0. The van der Waals surface area contributed by atoms with E-state index in [9.17, 15) is 0 Å². The van der Waals surface area contributed by atoms with Crippen LogP contribution in [-0.4, -0.2) is 0 Å². The van der Waals surface area contributed by atoms with Crippen LogP contribution >= 0.6 is 71.9 Å². The molecular formula is HgI3. The Hall–Kier alpha value is 3.13. The molecule has 23 valence electrons. The Labute approximate surface area is 97.4 Å². The van der Waals surface area contributed by atoms with Gasteiger partial charge in [-0.05, 0) is 0 Å². The molecule has 0 aliphatic heterocycles. The molecule has 0 aliphatic rings. The fourth-order valence-electron chi connectivity index (χ4n) is 0. The molecule has 0 saturated carbocycles. The van der Waals surface area contributed by atoms with E-state index in [0.29, 0.717) is 0 Å². The SMILES string of the molecule is [Hg].[I].[I].[I]. The molecule has 0 atom stereocenters. The molecule has 0 aromatic carbocycles. The van der Waals surface area contributed by atoms with E-state index in [1.54, 1.807) is 0 Å². The quantitative estimate of drug-likeness (QED) is 0.305. The summed E-state index contributed by atoms with van der Waals surface area (Å²) < 4.78 is 0. The van der Waals surface area contributed by atoms with Gasteiger partial charge in [0, 0.05) is 99.6 Å². The molecule has 0 rings (SSSR count).